The van der Waals surface area contributed by atoms with Crippen LogP contribution < -0.4 is 5.73 Å². The highest BCUT2D eigenvalue weighted by molar-refractivity contribution is 5.16. The Morgan fingerprint density at radius 1 is 1.23 bits per heavy atom. The van der Waals surface area contributed by atoms with Crippen molar-refractivity contribution in [3.05, 3.63) is 23.8 Å². The predicted molar refractivity (Wildman–Crippen MR) is 60.5 cm³/mol. The molecule has 0 radical (unpaired) electrons. The molecule has 0 bridgehead atoms. The van der Waals surface area contributed by atoms with E-state index in [0.29, 0.717) is 11.8 Å². The predicted octanol–water partition coefficient (Wildman–Crippen LogP) is 3.13. The fourth-order valence-electron chi connectivity index (χ4n) is 1.36. The summed E-state index contributed by atoms with van der Waals surface area (Å²) in [5, 5.41) is 0. The Morgan fingerprint density at radius 3 is 2.15 bits per heavy atom. The maximum absolute atomic E-state index is 5.84. The van der Waals surface area contributed by atoms with Crippen LogP contribution in [0.2, 0.25) is 0 Å². The number of nitrogens with two attached hydrogens (primary N) is 1. The quantitative estimate of drug-likeness (QED) is 0.662. The first kappa shape index (κ1) is 12.4. The molecule has 0 spiro atoms. The highest BCUT2D eigenvalue weighted by Gasteiger charge is 2.13. The second kappa shape index (κ2) is 5.98. The van der Waals surface area contributed by atoms with Gasteiger partial charge in [-0.15, -0.1) is 0 Å². The second-order valence-electron chi connectivity index (χ2n) is 3.99. The first-order valence-electron chi connectivity index (χ1n) is 5.05. The van der Waals surface area contributed by atoms with Crippen molar-refractivity contribution in [1.82, 2.24) is 0 Å². The number of hydrogen-bond donors (Lipinski definition) is 1. The van der Waals surface area contributed by atoms with E-state index in [0.717, 1.165) is 0 Å². The van der Waals surface area contributed by atoms with Crippen molar-refractivity contribution >= 4 is 0 Å². The normalized spacial score (nSPS) is 20.3. The molecule has 0 saturated heterocycles. The van der Waals surface area contributed by atoms with Gasteiger partial charge in [0.15, 0.2) is 0 Å². The zero-order valence-corrected chi connectivity index (χ0v) is 9.54. The van der Waals surface area contributed by atoms with Gasteiger partial charge in [-0.25, -0.2) is 0 Å². The van der Waals surface area contributed by atoms with Gasteiger partial charge in [0, 0.05) is 6.04 Å². The van der Waals surface area contributed by atoms with E-state index in [1.165, 1.54) is 5.57 Å². The molecule has 0 aliphatic heterocycles. The number of allylic oxidation sites excluding steroid dienone is 4. The van der Waals surface area contributed by atoms with Crippen molar-refractivity contribution < 1.29 is 0 Å². The van der Waals surface area contributed by atoms with Gasteiger partial charge in [0.25, 0.3) is 0 Å². The topological polar surface area (TPSA) is 26.0 Å². The smallest absolute Gasteiger partial charge is 0.00416 e. The molecule has 0 aromatic rings. The van der Waals surface area contributed by atoms with E-state index in [2.05, 4.69) is 45.9 Å². The van der Waals surface area contributed by atoms with E-state index in [1.807, 2.05) is 6.92 Å². The zero-order valence-electron chi connectivity index (χ0n) is 9.54. The lowest BCUT2D eigenvalue weighted by Crippen LogP contribution is -2.28. The van der Waals surface area contributed by atoms with Crippen molar-refractivity contribution in [2.45, 2.75) is 40.7 Å². The molecular formula is C12H23N. The molecule has 0 aromatic carbocycles. The summed E-state index contributed by atoms with van der Waals surface area (Å²) < 4.78 is 0. The summed E-state index contributed by atoms with van der Waals surface area (Å²) in [7, 11) is 0. The molecule has 3 atom stereocenters. The van der Waals surface area contributed by atoms with E-state index < -0.39 is 0 Å². The largest absolute Gasteiger partial charge is 0.328 e. The Morgan fingerprint density at radius 2 is 1.77 bits per heavy atom. The van der Waals surface area contributed by atoms with E-state index in [9.17, 15) is 0 Å². The molecule has 13 heavy (non-hydrogen) atoms. The van der Waals surface area contributed by atoms with E-state index in [-0.39, 0.29) is 6.04 Å². The van der Waals surface area contributed by atoms with Crippen LogP contribution >= 0.6 is 0 Å². The molecule has 0 saturated carbocycles. The molecule has 0 aliphatic carbocycles. The van der Waals surface area contributed by atoms with Gasteiger partial charge < -0.3 is 5.73 Å². The minimum atomic E-state index is 0.268. The van der Waals surface area contributed by atoms with E-state index >= 15 is 0 Å². The maximum atomic E-state index is 5.84. The molecule has 2 N–H and O–H groups in total. The summed E-state index contributed by atoms with van der Waals surface area (Å²) in [6, 6.07) is 0.268. The number of rotatable bonds is 4. The third-order valence-corrected chi connectivity index (χ3v) is 2.61. The summed E-state index contributed by atoms with van der Waals surface area (Å²) >= 11 is 0. The monoisotopic (exact) mass is 181 g/mol. The van der Waals surface area contributed by atoms with Gasteiger partial charge >= 0.3 is 0 Å². The Kier molecular flexibility index (Phi) is 5.72. The lowest BCUT2D eigenvalue weighted by Gasteiger charge is -2.20. The Bertz CT molecular complexity index is 189. The summed E-state index contributed by atoms with van der Waals surface area (Å²) in [4.78, 5) is 0. The van der Waals surface area contributed by atoms with Gasteiger partial charge in [-0.3, -0.25) is 0 Å². The summed E-state index contributed by atoms with van der Waals surface area (Å²) in [5.41, 5.74) is 7.16. The Balaban J connectivity index is 4.27. The highest BCUT2D eigenvalue weighted by atomic mass is 14.6. The van der Waals surface area contributed by atoms with Gasteiger partial charge in [0.2, 0.25) is 0 Å². The van der Waals surface area contributed by atoms with Crippen LogP contribution in [0.25, 0.3) is 0 Å². The Hall–Kier alpha value is -0.560. The summed E-state index contributed by atoms with van der Waals surface area (Å²) in [5.74, 6) is 1.09. The molecule has 0 fully saturated rings. The molecular weight excluding hydrogens is 158 g/mol. The van der Waals surface area contributed by atoms with Crippen LogP contribution in [0.1, 0.15) is 34.6 Å². The Labute approximate surface area is 82.7 Å². The number of hydrogen-bond acceptors (Lipinski definition) is 1. The zero-order chi connectivity index (χ0) is 10.4. The molecule has 0 unspecified atom stereocenters. The van der Waals surface area contributed by atoms with Crippen molar-refractivity contribution in [3.63, 3.8) is 0 Å². The third-order valence-electron chi connectivity index (χ3n) is 2.61. The van der Waals surface area contributed by atoms with Crippen LogP contribution in [0.3, 0.4) is 0 Å². The van der Waals surface area contributed by atoms with Crippen molar-refractivity contribution in [2.24, 2.45) is 17.6 Å². The minimum Gasteiger partial charge on any atom is -0.328 e. The van der Waals surface area contributed by atoms with Crippen LogP contribution in [-0.2, 0) is 0 Å². The van der Waals surface area contributed by atoms with Crippen molar-refractivity contribution in [1.29, 1.82) is 0 Å². The molecule has 0 aliphatic rings. The highest BCUT2D eigenvalue weighted by Crippen LogP contribution is 2.17. The molecule has 0 aromatic heterocycles. The van der Waals surface area contributed by atoms with Crippen LogP contribution in [0.4, 0.5) is 0 Å². The molecule has 1 heteroatoms. The average molecular weight is 181 g/mol. The second-order valence-corrected chi connectivity index (χ2v) is 3.99. The summed E-state index contributed by atoms with van der Waals surface area (Å²) in [6.45, 7) is 10.7. The first-order valence-corrected chi connectivity index (χ1v) is 5.05. The van der Waals surface area contributed by atoms with Gasteiger partial charge in [0.05, 0.1) is 0 Å². The van der Waals surface area contributed by atoms with Crippen LogP contribution in [0, 0.1) is 11.8 Å². The van der Waals surface area contributed by atoms with Crippen molar-refractivity contribution in [2.75, 3.05) is 0 Å². The van der Waals surface area contributed by atoms with Crippen LogP contribution in [-0.4, -0.2) is 6.04 Å². The summed E-state index contributed by atoms with van der Waals surface area (Å²) in [6.07, 6.45) is 6.48. The fraction of sp³-hybridized carbons (Fsp3) is 0.667. The molecule has 0 amide bonds. The SMILES string of the molecule is C/C=C\C(C)=C/[C@@H](C)[C@H](C)[C@H](C)N. The van der Waals surface area contributed by atoms with Gasteiger partial charge in [-0.05, 0) is 32.6 Å². The van der Waals surface area contributed by atoms with Crippen LogP contribution in [0.15, 0.2) is 23.8 Å². The molecule has 76 valence electrons. The van der Waals surface area contributed by atoms with E-state index in [1.54, 1.807) is 0 Å². The van der Waals surface area contributed by atoms with Crippen LogP contribution in [0.5, 0.6) is 0 Å². The first-order chi connectivity index (χ1) is 5.99. The third kappa shape index (κ3) is 4.89. The van der Waals surface area contributed by atoms with Gasteiger partial charge in [-0.1, -0.05) is 37.6 Å². The lowest BCUT2D eigenvalue weighted by atomic mass is 9.89. The fourth-order valence-corrected chi connectivity index (χ4v) is 1.36. The minimum absolute atomic E-state index is 0.268. The maximum Gasteiger partial charge on any atom is 0.00416 e. The van der Waals surface area contributed by atoms with E-state index in [4.69, 9.17) is 5.73 Å². The standard InChI is InChI=1S/C12H23N/c1-6-7-9(2)8-10(3)11(4)12(5)13/h6-8,10-12H,13H2,1-5H3/b7-6-,9-8-/t10-,11+,12+/m1/s1. The molecule has 0 rings (SSSR count). The van der Waals surface area contributed by atoms with Gasteiger partial charge in [0.1, 0.15) is 0 Å². The molecule has 0 heterocycles. The van der Waals surface area contributed by atoms with Crippen molar-refractivity contribution in [3.8, 4) is 0 Å². The molecule has 1 nitrogen and oxygen atoms in total. The van der Waals surface area contributed by atoms with Gasteiger partial charge in [-0.2, -0.15) is 0 Å². The lowest BCUT2D eigenvalue weighted by molar-refractivity contribution is 0.393. The average Bonchev–Trinajstić information content (AvgIpc) is 2.03.